The first-order valence-electron chi connectivity index (χ1n) is 9.39. The Morgan fingerprint density at radius 2 is 1.07 bits per heavy atom. The summed E-state index contributed by atoms with van der Waals surface area (Å²) >= 11 is 0. The molecule has 0 amide bonds. The summed E-state index contributed by atoms with van der Waals surface area (Å²) in [6.45, 7) is 13.1. The summed E-state index contributed by atoms with van der Waals surface area (Å²) in [5, 5.41) is 0. The van der Waals surface area contributed by atoms with Crippen molar-refractivity contribution < 1.29 is 8.83 Å². The highest BCUT2D eigenvalue weighted by Gasteiger charge is 2.18. The molecule has 4 rings (SSSR count). The van der Waals surface area contributed by atoms with Crippen LogP contribution in [-0.2, 0) is 17.3 Å². The number of hydrogen-bond acceptors (Lipinski definition) is 4. The van der Waals surface area contributed by atoms with Crippen LogP contribution in [0, 0.1) is 0 Å². The van der Waals surface area contributed by atoms with Crippen molar-refractivity contribution in [2.24, 2.45) is 0 Å². The first-order valence-corrected chi connectivity index (χ1v) is 9.39. The molecule has 0 saturated heterocycles. The lowest BCUT2D eigenvalue weighted by Gasteiger charge is -2.18. The van der Waals surface area contributed by atoms with Crippen molar-refractivity contribution in [2.75, 3.05) is 0 Å². The minimum Gasteiger partial charge on any atom is -0.440 e. The van der Waals surface area contributed by atoms with Gasteiger partial charge in [-0.2, -0.15) is 0 Å². The Morgan fingerprint density at radius 1 is 0.667 bits per heavy atom. The van der Waals surface area contributed by atoms with Crippen LogP contribution in [0.3, 0.4) is 0 Å². The molecule has 4 nitrogen and oxygen atoms in total. The van der Waals surface area contributed by atoms with E-state index in [2.05, 4.69) is 75.8 Å². The molecule has 0 aliphatic carbocycles. The molecule has 4 heteroatoms. The van der Waals surface area contributed by atoms with Gasteiger partial charge >= 0.3 is 0 Å². The van der Waals surface area contributed by atoms with Gasteiger partial charge in [0.25, 0.3) is 0 Å². The predicted octanol–water partition coefficient (Wildman–Crippen LogP) is 6.15. The summed E-state index contributed by atoms with van der Waals surface area (Å²) in [7, 11) is 0. The molecule has 0 fully saturated rings. The fraction of sp³-hybridized carbons (Fsp3) is 0.391. The summed E-state index contributed by atoms with van der Waals surface area (Å²) in [6.07, 6.45) is 0.444. The fourth-order valence-electron chi connectivity index (χ4n) is 3.16. The van der Waals surface area contributed by atoms with Gasteiger partial charge in [-0.3, -0.25) is 0 Å². The highest BCUT2D eigenvalue weighted by molar-refractivity contribution is 5.75. The van der Waals surface area contributed by atoms with Crippen LogP contribution in [0.1, 0.15) is 64.5 Å². The summed E-state index contributed by atoms with van der Waals surface area (Å²) in [4.78, 5) is 9.18. The van der Waals surface area contributed by atoms with Gasteiger partial charge in [0.2, 0.25) is 11.8 Å². The Bertz CT molecular complexity index is 1030. The average molecular weight is 362 g/mol. The highest BCUT2D eigenvalue weighted by atomic mass is 16.4. The molecule has 0 unspecified atom stereocenters. The maximum Gasteiger partial charge on any atom is 0.204 e. The van der Waals surface area contributed by atoms with Gasteiger partial charge in [0.1, 0.15) is 17.5 Å². The third kappa shape index (κ3) is 3.48. The van der Waals surface area contributed by atoms with Crippen molar-refractivity contribution in [3.05, 3.63) is 59.3 Å². The third-order valence-corrected chi connectivity index (χ3v) is 4.90. The van der Waals surface area contributed by atoms with Crippen molar-refractivity contribution >= 4 is 22.2 Å². The van der Waals surface area contributed by atoms with Crippen molar-refractivity contribution in [2.45, 2.75) is 58.8 Å². The van der Waals surface area contributed by atoms with Crippen LogP contribution < -0.4 is 0 Å². The van der Waals surface area contributed by atoms with E-state index in [-0.39, 0.29) is 10.8 Å². The topological polar surface area (TPSA) is 52.1 Å². The van der Waals surface area contributed by atoms with Gasteiger partial charge in [-0.1, -0.05) is 53.7 Å². The normalized spacial score (nSPS) is 13.0. The van der Waals surface area contributed by atoms with E-state index in [0.29, 0.717) is 18.2 Å². The molecule has 0 saturated carbocycles. The molecular weight excluding hydrogens is 336 g/mol. The molecule has 2 aromatic heterocycles. The number of nitrogens with zero attached hydrogens (tertiary/aromatic N) is 2. The summed E-state index contributed by atoms with van der Waals surface area (Å²) in [5.41, 5.74) is 5.96. The van der Waals surface area contributed by atoms with E-state index in [1.165, 1.54) is 11.1 Å². The summed E-state index contributed by atoms with van der Waals surface area (Å²) in [6, 6.07) is 12.4. The number of benzene rings is 2. The molecule has 0 aliphatic rings. The smallest absolute Gasteiger partial charge is 0.204 e. The molecule has 2 heterocycles. The zero-order chi connectivity index (χ0) is 19.4. The second-order valence-electron chi connectivity index (χ2n) is 9.26. The predicted molar refractivity (Wildman–Crippen MR) is 108 cm³/mol. The lowest BCUT2D eigenvalue weighted by Crippen LogP contribution is -2.10. The average Bonchev–Trinajstić information content (AvgIpc) is 3.14. The van der Waals surface area contributed by atoms with Gasteiger partial charge in [0.05, 0.1) is 0 Å². The van der Waals surface area contributed by atoms with E-state index < -0.39 is 0 Å². The Morgan fingerprint density at radius 3 is 1.44 bits per heavy atom. The number of hydrogen-bond donors (Lipinski definition) is 0. The minimum atomic E-state index is 0.0756. The Hall–Kier alpha value is -2.62. The van der Waals surface area contributed by atoms with Gasteiger partial charge in [0, 0.05) is 0 Å². The second-order valence-corrected chi connectivity index (χ2v) is 9.26. The molecule has 2 aromatic carbocycles. The molecule has 140 valence electrons. The molecular formula is C23H26N2O2. The van der Waals surface area contributed by atoms with Crippen molar-refractivity contribution in [1.29, 1.82) is 0 Å². The van der Waals surface area contributed by atoms with Crippen LogP contribution in [0.4, 0.5) is 0 Å². The SMILES string of the molecule is CC(C)(C)c1ccc2nc(Cc3nc4ccc(C(C)(C)C)cc4o3)oc2c1. The van der Waals surface area contributed by atoms with Crippen LogP contribution in [0.15, 0.2) is 45.2 Å². The van der Waals surface area contributed by atoms with E-state index in [9.17, 15) is 0 Å². The van der Waals surface area contributed by atoms with Crippen LogP contribution in [0.5, 0.6) is 0 Å². The van der Waals surface area contributed by atoms with Crippen molar-refractivity contribution in [3.63, 3.8) is 0 Å². The Balaban J connectivity index is 1.65. The number of rotatable bonds is 2. The molecule has 0 spiro atoms. The first-order chi connectivity index (χ1) is 12.6. The molecule has 0 N–H and O–H groups in total. The minimum absolute atomic E-state index is 0.0756. The first kappa shape index (κ1) is 17.8. The van der Waals surface area contributed by atoms with E-state index in [1.54, 1.807) is 0 Å². The Kier molecular flexibility index (Phi) is 3.91. The van der Waals surface area contributed by atoms with E-state index in [1.807, 2.05) is 12.1 Å². The van der Waals surface area contributed by atoms with E-state index in [0.717, 1.165) is 22.2 Å². The number of oxazole rings is 2. The van der Waals surface area contributed by atoms with Crippen LogP contribution in [-0.4, -0.2) is 9.97 Å². The van der Waals surface area contributed by atoms with Crippen LogP contribution in [0.2, 0.25) is 0 Å². The summed E-state index contributed by atoms with van der Waals surface area (Å²) in [5.74, 6) is 1.25. The summed E-state index contributed by atoms with van der Waals surface area (Å²) < 4.78 is 11.9. The van der Waals surface area contributed by atoms with Crippen molar-refractivity contribution in [1.82, 2.24) is 9.97 Å². The fourth-order valence-corrected chi connectivity index (χ4v) is 3.16. The molecule has 0 atom stereocenters. The maximum atomic E-state index is 5.97. The largest absolute Gasteiger partial charge is 0.440 e. The van der Waals surface area contributed by atoms with E-state index in [4.69, 9.17) is 8.83 Å². The monoisotopic (exact) mass is 362 g/mol. The van der Waals surface area contributed by atoms with Gasteiger partial charge in [-0.15, -0.1) is 0 Å². The van der Waals surface area contributed by atoms with Crippen LogP contribution >= 0.6 is 0 Å². The highest BCUT2D eigenvalue weighted by Crippen LogP contribution is 2.29. The van der Waals surface area contributed by atoms with Crippen molar-refractivity contribution in [3.8, 4) is 0 Å². The van der Waals surface area contributed by atoms with Gasteiger partial charge in [-0.25, -0.2) is 9.97 Å². The number of aromatic nitrogens is 2. The van der Waals surface area contributed by atoms with Crippen LogP contribution in [0.25, 0.3) is 22.2 Å². The second kappa shape index (κ2) is 5.95. The zero-order valence-electron chi connectivity index (χ0n) is 16.9. The van der Waals surface area contributed by atoms with Gasteiger partial charge in [0.15, 0.2) is 11.2 Å². The van der Waals surface area contributed by atoms with E-state index >= 15 is 0 Å². The number of fused-ring (bicyclic) bond motifs is 2. The van der Waals surface area contributed by atoms with Gasteiger partial charge in [-0.05, 0) is 46.2 Å². The molecule has 27 heavy (non-hydrogen) atoms. The quantitative estimate of drug-likeness (QED) is 0.429. The molecule has 4 aromatic rings. The molecule has 0 aliphatic heterocycles. The lowest BCUT2D eigenvalue weighted by molar-refractivity contribution is 0.487. The molecule has 0 radical (unpaired) electrons. The third-order valence-electron chi connectivity index (χ3n) is 4.90. The zero-order valence-corrected chi connectivity index (χ0v) is 16.9. The standard InChI is InChI=1S/C23H26N2O2/c1-22(2,3)14-7-9-16-18(11-14)26-20(24-16)13-21-25-17-10-8-15(23(4,5)6)12-19(17)27-21/h7-12H,13H2,1-6H3. The molecule has 0 bridgehead atoms. The maximum absolute atomic E-state index is 5.97. The lowest BCUT2D eigenvalue weighted by atomic mass is 9.87. The van der Waals surface area contributed by atoms with Gasteiger partial charge < -0.3 is 8.83 Å². The Labute approximate surface area is 159 Å².